The van der Waals surface area contributed by atoms with E-state index in [4.69, 9.17) is 0 Å². The van der Waals surface area contributed by atoms with Gasteiger partial charge in [0.15, 0.2) is 0 Å². The van der Waals surface area contributed by atoms with Crippen molar-refractivity contribution in [2.45, 2.75) is 178 Å². The summed E-state index contributed by atoms with van der Waals surface area (Å²) < 4.78 is 0. The van der Waals surface area contributed by atoms with Gasteiger partial charge < -0.3 is 4.90 Å². The third kappa shape index (κ3) is 8.81. The quantitative estimate of drug-likeness (QED) is 0.0648. The molecule has 10 aromatic carbocycles. The molecule has 0 bridgehead atoms. The van der Waals surface area contributed by atoms with Gasteiger partial charge in [-0.3, -0.25) is 0 Å². The van der Waals surface area contributed by atoms with Crippen LogP contribution in [0, 0.1) is 0 Å². The Morgan fingerprint density at radius 2 is 0.764 bits per heavy atom. The van der Waals surface area contributed by atoms with E-state index in [1.165, 1.54) is 268 Å². The fourth-order valence-corrected chi connectivity index (χ4v) is 18.4. The molecule has 0 saturated carbocycles. The Morgan fingerprint density at radius 1 is 0.326 bits per heavy atom. The van der Waals surface area contributed by atoms with Gasteiger partial charge in [-0.15, -0.1) is 0 Å². The molecular weight excluding hydrogens is 1070 g/mol. The monoisotopic (exact) mass is 1160 g/mol. The third-order valence-electron chi connectivity index (χ3n) is 23.4. The predicted octanol–water partition coefficient (Wildman–Crippen LogP) is 22.6. The van der Waals surface area contributed by atoms with Crippen molar-refractivity contribution in [3.05, 3.63) is 300 Å². The average Bonchev–Trinajstić information content (AvgIpc) is 1.66. The second-order valence-electron chi connectivity index (χ2n) is 28.1. The standard InChI is InChI=1S/C88H85N/c1-3-5-7-9-11-19-50-87(51-20-12-10-8-6-4-2)79-27-17-15-22-72(79)74-48-46-70(56-81(74)87)89(71-47-49-75-73-23-16-18-28-80(73)88(82(75)57-71,68-44-42-60-32-38-64(60)54-68)69-45-43-61-33-39-65(61)55-69)83-29-21-26-78-85(67-41-35-59-31-37-63(59)53-67)84(66-40-34-58-30-36-62(58)52-66)76-24-13-14-25-77(76)86(78)83/h13-18,21-29,34-35,40-49,52-57,84-85H,3-12,19-20,30-33,36-39,50-51H2,1-2H3. The number of anilines is 3. The van der Waals surface area contributed by atoms with E-state index in [2.05, 4.69) is 219 Å². The SMILES string of the molecule is CCCCCCCCC1(CCCCCCCC)c2ccccc2-c2ccc(N(c3ccc4c(c3)C(c3ccc5c(c3)CC5)(c3ccc5c(c3)CC5)c3ccccc3-4)c3cccc4c3-c3ccccc3C(c3ccc5c(c3)CC5)C4c3ccc4c(c3)CC4)cc21. The molecule has 89 heavy (non-hydrogen) atoms. The summed E-state index contributed by atoms with van der Waals surface area (Å²) in [6.45, 7) is 4.70. The van der Waals surface area contributed by atoms with E-state index in [0.29, 0.717) is 0 Å². The van der Waals surface area contributed by atoms with E-state index in [-0.39, 0.29) is 17.3 Å². The minimum atomic E-state index is -0.515. The van der Waals surface area contributed by atoms with E-state index < -0.39 is 5.41 Å². The van der Waals surface area contributed by atoms with Gasteiger partial charge in [0.25, 0.3) is 0 Å². The zero-order chi connectivity index (χ0) is 59.2. The van der Waals surface area contributed by atoms with Crippen LogP contribution in [-0.2, 0) is 62.2 Å². The lowest BCUT2D eigenvalue weighted by atomic mass is 9.65. The summed E-state index contributed by atoms with van der Waals surface area (Å²) in [5.74, 6) is 0.288. The first-order valence-electron chi connectivity index (χ1n) is 35.0. The molecule has 1 heteroatoms. The van der Waals surface area contributed by atoms with Crippen LogP contribution < -0.4 is 4.90 Å². The fourth-order valence-electron chi connectivity index (χ4n) is 18.4. The number of hydrogen-bond acceptors (Lipinski definition) is 1. The number of fused-ring (bicyclic) bond motifs is 13. The van der Waals surface area contributed by atoms with Crippen LogP contribution in [0.25, 0.3) is 33.4 Å². The van der Waals surface area contributed by atoms with E-state index >= 15 is 0 Å². The molecule has 2 atom stereocenters. The van der Waals surface area contributed by atoms with Crippen molar-refractivity contribution in [1.82, 2.24) is 0 Å². The van der Waals surface area contributed by atoms with E-state index in [9.17, 15) is 0 Å². The predicted molar refractivity (Wildman–Crippen MR) is 372 cm³/mol. The summed E-state index contributed by atoms with van der Waals surface area (Å²) in [7, 11) is 0. The highest BCUT2D eigenvalue weighted by atomic mass is 15.1. The smallest absolute Gasteiger partial charge is 0.0714 e. The highest BCUT2D eigenvalue weighted by molar-refractivity contribution is 5.96. The molecule has 442 valence electrons. The van der Waals surface area contributed by atoms with Gasteiger partial charge in [-0.05, 0) is 222 Å². The molecule has 17 rings (SSSR count). The van der Waals surface area contributed by atoms with Gasteiger partial charge in [-0.25, -0.2) is 0 Å². The number of rotatable bonds is 21. The maximum absolute atomic E-state index is 2.77. The largest absolute Gasteiger partial charge is 0.310 e. The zero-order valence-electron chi connectivity index (χ0n) is 52.7. The number of aryl methyl sites for hydroxylation is 8. The second-order valence-corrected chi connectivity index (χ2v) is 28.1. The van der Waals surface area contributed by atoms with Crippen LogP contribution in [0.2, 0.25) is 0 Å². The molecule has 7 aliphatic rings. The summed E-state index contributed by atoms with van der Waals surface area (Å²) >= 11 is 0. The van der Waals surface area contributed by atoms with E-state index in [1.54, 1.807) is 11.1 Å². The molecule has 0 fully saturated rings. The van der Waals surface area contributed by atoms with Crippen molar-refractivity contribution in [3.63, 3.8) is 0 Å². The lowest BCUT2D eigenvalue weighted by molar-refractivity contribution is 0.398. The number of nitrogens with zero attached hydrogens (tertiary/aromatic N) is 1. The molecule has 0 N–H and O–H groups in total. The molecule has 0 aliphatic heterocycles. The Hall–Kier alpha value is -8.00. The minimum Gasteiger partial charge on any atom is -0.310 e. The first-order chi connectivity index (χ1) is 44.0. The Morgan fingerprint density at radius 3 is 1.31 bits per heavy atom. The molecule has 0 saturated heterocycles. The Kier molecular flexibility index (Phi) is 13.9. The van der Waals surface area contributed by atoms with Crippen LogP contribution in [0.1, 0.15) is 216 Å². The maximum Gasteiger partial charge on any atom is 0.0714 e. The molecular formula is C88H85N. The van der Waals surface area contributed by atoms with Gasteiger partial charge in [0.1, 0.15) is 0 Å². The molecule has 0 aromatic heterocycles. The van der Waals surface area contributed by atoms with Crippen molar-refractivity contribution in [1.29, 1.82) is 0 Å². The minimum absolute atomic E-state index is 0.0750. The van der Waals surface area contributed by atoms with Gasteiger partial charge >= 0.3 is 0 Å². The summed E-state index contributed by atoms with van der Waals surface area (Å²) in [4.78, 5) is 2.77. The van der Waals surface area contributed by atoms with Crippen LogP contribution in [0.5, 0.6) is 0 Å². The van der Waals surface area contributed by atoms with Crippen LogP contribution in [0.15, 0.2) is 200 Å². The topological polar surface area (TPSA) is 3.24 Å². The summed E-state index contributed by atoms with van der Waals surface area (Å²) in [6, 6.07) is 82.0. The third-order valence-corrected chi connectivity index (χ3v) is 23.4. The van der Waals surface area contributed by atoms with Gasteiger partial charge in [0.2, 0.25) is 0 Å². The lowest BCUT2D eigenvalue weighted by Gasteiger charge is -2.40. The Labute approximate surface area is 530 Å². The fraction of sp³-hybridized carbons (Fsp3) is 0.318. The van der Waals surface area contributed by atoms with Gasteiger partial charge in [0.05, 0.1) is 11.1 Å². The Balaban J connectivity index is 0.913. The summed E-state index contributed by atoms with van der Waals surface area (Å²) in [5.41, 5.74) is 38.0. The van der Waals surface area contributed by atoms with Crippen LogP contribution in [0.4, 0.5) is 17.1 Å². The summed E-state index contributed by atoms with van der Waals surface area (Å²) in [5, 5.41) is 0. The highest BCUT2D eigenvalue weighted by Gasteiger charge is 2.49. The van der Waals surface area contributed by atoms with E-state index in [1.807, 2.05) is 0 Å². The number of benzene rings is 10. The summed E-state index contributed by atoms with van der Waals surface area (Å²) in [6.07, 6.45) is 27.4. The van der Waals surface area contributed by atoms with Crippen molar-refractivity contribution in [2.75, 3.05) is 4.90 Å². The lowest BCUT2D eigenvalue weighted by Crippen LogP contribution is -2.30. The van der Waals surface area contributed by atoms with Crippen molar-refractivity contribution >= 4 is 17.1 Å². The molecule has 2 unspecified atom stereocenters. The zero-order valence-corrected chi connectivity index (χ0v) is 52.7. The van der Waals surface area contributed by atoms with Gasteiger partial charge in [0, 0.05) is 34.2 Å². The normalized spacial score (nSPS) is 17.3. The number of hydrogen-bond donors (Lipinski definition) is 0. The highest BCUT2D eigenvalue weighted by Crippen LogP contribution is 2.62. The molecule has 0 amide bonds. The van der Waals surface area contributed by atoms with Crippen LogP contribution >= 0.6 is 0 Å². The molecule has 0 radical (unpaired) electrons. The molecule has 0 heterocycles. The maximum atomic E-state index is 2.77. The second kappa shape index (κ2) is 22.5. The first-order valence-corrected chi connectivity index (χ1v) is 35.0. The molecule has 10 aromatic rings. The van der Waals surface area contributed by atoms with E-state index in [0.717, 1.165) is 12.8 Å². The molecule has 1 nitrogen and oxygen atoms in total. The van der Waals surface area contributed by atoms with Crippen LogP contribution in [-0.4, -0.2) is 0 Å². The Bertz CT molecular complexity index is 4340. The molecule has 7 aliphatic carbocycles. The van der Waals surface area contributed by atoms with Crippen LogP contribution in [0.3, 0.4) is 0 Å². The average molecular weight is 1160 g/mol. The number of unbranched alkanes of at least 4 members (excludes halogenated alkanes) is 10. The van der Waals surface area contributed by atoms with Crippen molar-refractivity contribution < 1.29 is 0 Å². The van der Waals surface area contributed by atoms with Crippen molar-refractivity contribution in [2.24, 2.45) is 0 Å². The van der Waals surface area contributed by atoms with Crippen molar-refractivity contribution in [3.8, 4) is 33.4 Å². The molecule has 0 spiro atoms. The first kappa shape index (κ1) is 55.1. The van der Waals surface area contributed by atoms with Gasteiger partial charge in [-0.2, -0.15) is 0 Å². The van der Waals surface area contributed by atoms with Gasteiger partial charge in [-0.1, -0.05) is 261 Å².